The molecule has 0 saturated heterocycles. The summed E-state index contributed by atoms with van der Waals surface area (Å²) in [5.41, 5.74) is 1.79. The van der Waals surface area contributed by atoms with Crippen LogP contribution in [0.25, 0.3) is 0 Å². The molecule has 0 atom stereocenters. The molecule has 0 unspecified atom stereocenters. The van der Waals surface area contributed by atoms with Gasteiger partial charge in [0, 0.05) is 13.7 Å². The van der Waals surface area contributed by atoms with Crippen LogP contribution in [-0.2, 0) is 31.2 Å². The number of aryl methyl sites for hydroxylation is 1. The number of rotatable bonds is 6. The highest BCUT2D eigenvalue weighted by atomic mass is 32.2. The maximum absolute atomic E-state index is 11.9. The van der Waals surface area contributed by atoms with Crippen LogP contribution < -0.4 is 9.03 Å². The van der Waals surface area contributed by atoms with E-state index in [0.717, 1.165) is 24.7 Å². The minimum absolute atomic E-state index is 0.0930. The average Bonchev–Trinajstić information content (AvgIpc) is 2.43. The summed E-state index contributed by atoms with van der Waals surface area (Å²) < 4.78 is 56.0. The third-order valence-electron chi connectivity index (χ3n) is 3.39. The minimum atomic E-state index is -3.52. The van der Waals surface area contributed by atoms with Crippen molar-refractivity contribution in [3.8, 4) is 0 Å². The van der Waals surface area contributed by atoms with Crippen LogP contribution in [0.5, 0.6) is 0 Å². The van der Waals surface area contributed by atoms with Gasteiger partial charge in [0.1, 0.15) is 0 Å². The van der Waals surface area contributed by atoms with Crippen LogP contribution in [-0.4, -0.2) is 49.1 Å². The van der Waals surface area contributed by atoms with Crippen LogP contribution in [0.15, 0.2) is 18.2 Å². The summed E-state index contributed by atoms with van der Waals surface area (Å²) in [7, 11) is -5.47. The first kappa shape index (κ1) is 17.0. The van der Waals surface area contributed by atoms with E-state index in [9.17, 15) is 16.8 Å². The summed E-state index contributed by atoms with van der Waals surface area (Å²) >= 11 is 0. The van der Waals surface area contributed by atoms with Crippen LogP contribution >= 0.6 is 0 Å². The van der Waals surface area contributed by atoms with Crippen LogP contribution in [0.3, 0.4) is 0 Å². The summed E-state index contributed by atoms with van der Waals surface area (Å²) in [6.45, 7) is 0.501. The molecule has 0 saturated carbocycles. The zero-order valence-electron chi connectivity index (χ0n) is 12.6. The quantitative estimate of drug-likeness (QED) is 0.820. The van der Waals surface area contributed by atoms with Crippen molar-refractivity contribution in [3.05, 3.63) is 23.8 Å². The van der Waals surface area contributed by atoms with E-state index in [-0.39, 0.29) is 12.4 Å². The Morgan fingerprint density at radius 3 is 2.64 bits per heavy atom. The van der Waals surface area contributed by atoms with Gasteiger partial charge in [-0.1, -0.05) is 6.07 Å². The number of nitrogens with one attached hydrogen (secondary N) is 1. The first-order chi connectivity index (χ1) is 10.2. The second kappa shape index (κ2) is 6.43. The predicted octanol–water partition coefficient (Wildman–Crippen LogP) is 0.787. The number of methoxy groups -OCH3 is 1. The average molecular weight is 348 g/mol. The fourth-order valence-corrected chi connectivity index (χ4v) is 4.33. The minimum Gasteiger partial charge on any atom is -0.384 e. The molecule has 0 aromatic heterocycles. The lowest BCUT2D eigenvalue weighted by atomic mass is 10.0. The first-order valence-electron chi connectivity index (χ1n) is 6.83. The molecule has 2 rings (SSSR count). The number of anilines is 2. The van der Waals surface area contributed by atoms with E-state index >= 15 is 0 Å². The number of nitrogens with zero attached hydrogens (tertiary/aromatic N) is 1. The molecule has 0 amide bonds. The summed E-state index contributed by atoms with van der Waals surface area (Å²) in [6, 6.07) is 4.98. The van der Waals surface area contributed by atoms with Crippen molar-refractivity contribution in [2.75, 3.05) is 41.3 Å². The molecule has 1 N–H and O–H groups in total. The van der Waals surface area contributed by atoms with E-state index in [1.807, 2.05) is 0 Å². The van der Waals surface area contributed by atoms with Gasteiger partial charge in [-0.25, -0.2) is 16.8 Å². The number of sulfonamides is 2. The van der Waals surface area contributed by atoms with Gasteiger partial charge in [0.25, 0.3) is 0 Å². The van der Waals surface area contributed by atoms with Crippen molar-refractivity contribution in [3.63, 3.8) is 0 Å². The number of fused-ring (bicyclic) bond motifs is 1. The summed E-state index contributed by atoms with van der Waals surface area (Å²) in [5, 5.41) is 0. The molecule has 22 heavy (non-hydrogen) atoms. The molecular weight excluding hydrogens is 328 g/mol. The van der Waals surface area contributed by atoms with E-state index in [0.29, 0.717) is 17.9 Å². The second-order valence-corrected chi connectivity index (χ2v) is 8.94. The lowest BCUT2D eigenvalue weighted by Gasteiger charge is -2.29. The van der Waals surface area contributed by atoms with Crippen LogP contribution in [0.1, 0.15) is 12.0 Å². The number of ether oxygens (including phenoxy) is 1. The summed E-state index contributed by atoms with van der Waals surface area (Å²) in [5.74, 6) is -0.156. The fraction of sp³-hybridized carbons (Fsp3) is 0.538. The van der Waals surface area contributed by atoms with E-state index < -0.39 is 20.0 Å². The SMILES string of the molecule is COCCS(=O)(=O)Nc1ccc2c(c1)N(S(C)(=O)=O)CCC2. The predicted molar refractivity (Wildman–Crippen MR) is 86.2 cm³/mol. The van der Waals surface area contributed by atoms with E-state index in [1.165, 1.54) is 11.4 Å². The molecule has 124 valence electrons. The number of hydrogen-bond donors (Lipinski definition) is 1. The summed E-state index contributed by atoms with van der Waals surface area (Å²) in [6.07, 6.45) is 2.68. The van der Waals surface area contributed by atoms with Gasteiger partial charge in [0.15, 0.2) is 0 Å². The largest absolute Gasteiger partial charge is 0.384 e. The van der Waals surface area contributed by atoms with Crippen LogP contribution in [0.2, 0.25) is 0 Å². The van der Waals surface area contributed by atoms with Crippen molar-refractivity contribution in [1.82, 2.24) is 0 Å². The zero-order chi connectivity index (χ0) is 16.4. The van der Waals surface area contributed by atoms with Gasteiger partial charge in [-0.2, -0.15) is 0 Å². The van der Waals surface area contributed by atoms with Gasteiger partial charge < -0.3 is 4.74 Å². The molecule has 9 heteroatoms. The van der Waals surface area contributed by atoms with Gasteiger partial charge in [-0.05, 0) is 30.5 Å². The smallest absolute Gasteiger partial charge is 0.235 e. The Bertz CT molecular complexity index is 744. The third-order valence-corrected chi connectivity index (χ3v) is 5.82. The molecule has 1 aromatic rings. The van der Waals surface area contributed by atoms with Gasteiger partial charge in [0.2, 0.25) is 20.0 Å². The highest BCUT2D eigenvalue weighted by Crippen LogP contribution is 2.31. The molecule has 1 heterocycles. The standard InChI is InChI=1S/C13H20N2O5S2/c1-20-8-9-22(18,19)14-12-6-5-11-4-3-7-15(13(11)10-12)21(2,16)17/h5-6,10,14H,3-4,7-9H2,1-2H3. The molecule has 1 aliphatic rings. The molecule has 0 radical (unpaired) electrons. The van der Waals surface area contributed by atoms with Crippen molar-refractivity contribution in [1.29, 1.82) is 0 Å². The van der Waals surface area contributed by atoms with Crippen LogP contribution in [0, 0.1) is 0 Å². The Labute approximate surface area is 131 Å². The Hall–Kier alpha value is -1.32. The topological polar surface area (TPSA) is 92.8 Å². The Morgan fingerprint density at radius 1 is 1.27 bits per heavy atom. The van der Waals surface area contributed by atoms with Crippen LogP contribution in [0.4, 0.5) is 11.4 Å². The molecule has 1 aromatic carbocycles. The van der Waals surface area contributed by atoms with Gasteiger partial charge in [0.05, 0.1) is 30.0 Å². The molecule has 7 nitrogen and oxygen atoms in total. The highest BCUT2D eigenvalue weighted by molar-refractivity contribution is 7.92. The Balaban J connectivity index is 2.30. The van der Waals surface area contributed by atoms with Crippen molar-refractivity contribution >= 4 is 31.4 Å². The highest BCUT2D eigenvalue weighted by Gasteiger charge is 2.24. The molecule has 0 aliphatic carbocycles. The monoisotopic (exact) mass is 348 g/mol. The molecule has 0 fully saturated rings. The number of hydrogen-bond acceptors (Lipinski definition) is 5. The first-order valence-corrected chi connectivity index (χ1v) is 10.3. The molecular formula is C13H20N2O5S2. The zero-order valence-corrected chi connectivity index (χ0v) is 14.2. The van der Waals surface area contributed by atoms with E-state index in [2.05, 4.69) is 4.72 Å². The summed E-state index contributed by atoms with van der Waals surface area (Å²) in [4.78, 5) is 0. The number of benzene rings is 1. The van der Waals surface area contributed by atoms with Gasteiger partial charge in [-0.3, -0.25) is 9.03 Å². The molecule has 1 aliphatic heterocycles. The van der Waals surface area contributed by atoms with E-state index in [1.54, 1.807) is 18.2 Å². The molecule has 0 spiro atoms. The van der Waals surface area contributed by atoms with Crippen molar-refractivity contribution in [2.45, 2.75) is 12.8 Å². The van der Waals surface area contributed by atoms with Gasteiger partial charge in [-0.15, -0.1) is 0 Å². The molecule has 0 bridgehead atoms. The maximum atomic E-state index is 11.9. The van der Waals surface area contributed by atoms with Crippen molar-refractivity contribution < 1.29 is 21.6 Å². The van der Waals surface area contributed by atoms with E-state index in [4.69, 9.17) is 4.74 Å². The Morgan fingerprint density at radius 2 is 2.00 bits per heavy atom. The lowest BCUT2D eigenvalue weighted by molar-refractivity contribution is 0.217. The lowest BCUT2D eigenvalue weighted by Crippen LogP contribution is -2.34. The maximum Gasteiger partial charge on any atom is 0.235 e. The normalized spacial score (nSPS) is 15.5. The van der Waals surface area contributed by atoms with Gasteiger partial charge >= 0.3 is 0 Å². The second-order valence-electron chi connectivity index (χ2n) is 5.20. The Kier molecular flexibility index (Phi) is 4.98. The fourth-order valence-electron chi connectivity index (χ4n) is 2.37. The van der Waals surface area contributed by atoms with Crippen molar-refractivity contribution in [2.24, 2.45) is 0 Å². The third kappa shape index (κ3) is 4.11.